The number of imide groups is 2. The molecule has 7 rings (SSSR count). The number of piperazine rings is 1. The number of nitrogens with one attached hydrogen (secondary N) is 1. The lowest BCUT2D eigenvalue weighted by atomic mass is 9.70. The predicted molar refractivity (Wildman–Crippen MR) is 138 cm³/mol. The second-order valence-electron chi connectivity index (χ2n) is 11.7. The number of anilines is 1. The average Bonchev–Trinajstić information content (AvgIpc) is 3.58. The summed E-state index contributed by atoms with van der Waals surface area (Å²) in [6.45, 7) is 4.62. The number of hydrogen-bond acceptors (Lipinski definition) is 9. The van der Waals surface area contributed by atoms with Crippen LogP contribution in [-0.2, 0) is 15.1 Å². The third kappa shape index (κ3) is 3.77. The summed E-state index contributed by atoms with van der Waals surface area (Å²) in [4.78, 5) is 55.4. The quantitative estimate of drug-likeness (QED) is 0.530. The zero-order valence-corrected chi connectivity index (χ0v) is 22.3. The molecule has 1 N–H and O–H groups in total. The van der Waals surface area contributed by atoms with Gasteiger partial charge in [0.15, 0.2) is 5.82 Å². The predicted octanol–water partition coefficient (Wildman–Crippen LogP) is 1.39. The van der Waals surface area contributed by atoms with E-state index >= 15 is 4.39 Å². The molecule has 12 nitrogen and oxygen atoms in total. The molecule has 0 spiro atoms. The van der Waals surface area contributed by atoms with E-state index < -0.39 is 35.5 Å². The lowest BCUT2D eigenvalue weighted by Crippen LogP contribution is -2.59. The standard InChI is InChI=1S/C27H31FN8O4/c1-27(15-3-2-4-15,26-30-31-32-36(26)16-5-6-16)34-11-9-33(10-12-34)21-14-18-17(13-19(21)28)24(39)35(25(18)40)20-7-8-22(37)29-23(20)38/h13-16,20H,2-12H2,1H3,(H,29,37,38). The monoisotopic (exact) mass is 550 g/mol. The highest BCUT2D eigenvalue weighted by molar-refractivity contribution is 6.23. The van der Waals surface area contributed by atoms with Gasteiger partial charge in [-0.3, -0.25) is 34.3 Å². The first-order chi connectivity index (χ1) is 19.3. The molecule has 0 bridgehead atoms. The number of hydrogen-bond donors (Lipinski definition) is 1. The first-order valence-electron chi connectivity index (χ1n) is 14.1. The van der Waals surface area contributed by atoms with Crippen molar-refractivity contribution >= 4 is 29.3 Å². The van der Waals surface area contributed by atoms with Crippen LogP contribution in [0, 0.1) is 11.7 Å². The second kappa shape index (κ2) is 9.15. The van der Waals surface area contributed by atoms with Crippen molar-refractivity contribution in [2.45, 2.75) is 69.5 Å². The summed E-state index contributed by atoms with van der Waals surface area (Å²) in [6, 6.07) is 1.82. The molecule has 4 amide bonds. The zero-order valence-electron chi connectivity index (χ0n) is 22.3. The van der Waals surface area contributed by atoms with Gasteiger partial charge in [-0.1, -0.05) is 6.42 Å². The smallest absolute Gasteiger partial charge is 0.262 e. The SMILES string of the molecule is CC(c1nnnn1C1CC1)(C1CCC1)N1CCN(c2cc3c(cc2F)C(=O)N(C2CCC(=O)NC2=O)C3=O)CC1. The number of fused-ring (bicyclic) bond motifs is 1. The summed E-state index contributed by atoms with van der Waals surface area (Å²) in [5, 5.41) is 15.0. The first-order valence-corrected chi connectivity index (χ1v) is 14.1. The molecule has 13 heteroatoms. The third-order valence-corrected chi connectivity index (χ3v) is 9.52. The summed E-state index contributed by atoms with van der Waals surface area (Å²) in [5.74, 6) is -1.71. The average molecular weight is 551 g/mol. The maximum absolute atomic E-state index is 15.4. The van der Waals surface area contributed by atoms with E-state index in [0.29, 0.717) is 38.1 Å². The highest BCUT2D eigenvalue weighted by atomic mass is 19.1. The van der Waals surface area contributed by atoms with Gasteiger partial charge in [-0.25, -0.2) is 9.07 Å². The van der Waals surface area contributed by atoms with Gasteiger partial charge in [-0.15, -0.1) is 5.10 Å². The number of carbonyl (C=O) groups is 4. The molecule has 1 aromatic heterocycles. The fraction of sp³-hybridized carbons (Fsp3) is 0.593. The molecule has 4 heterocycles. The van der Waals surface area contributed by atoms with Crippen molar-refractivity contribution < 1.29 is 23.6 Å². The van der Waals surface area contributed by atoms with Crippen LogP contribution in [0.5, 0.6) is 0 Å². The van der Waals surface area contributed by atoms with Gasteiger partial charge in [-0.05, 0) is 67.5 Å². The Morgan fingerprint density at radius 2 is 1.65 bits per heavy atom. The minimum Gasteiger partial charge on any atom is -0.367 e. The molecule has 0 radical (unpaired) electrons. The topological polar surface area (TPSA) is 134 Å². The number of benzene rings is 1. The van der Waals surface area contributed by atoms with Gasteiger partial charge in [0.1, 0.15) is 11.9 Å². The van der Waals surface area contributed by atoms with Gasteiger partial charge in [0.05, 0.1) is 28.4 Å². The van der Waals surface area contributed by atoms with E-state index in [1.807, 2.05) is 9.58 Å². The number of nitrogens with zero attached hydrogens (tertiary/aromatic N) is 7. The summed E-state index contributed by atoms with van der Waals surface area (Å²) < 4.78 is 17.4. The molecule has 2 saturated heterocycles. The molecule has 2 saturated carbocycles. The van der Waals surface area contributed by atoms with Crippen LogP contribution >= 0.6 is 0 Å². The number of carbonyl (C=O) groups excluding carboxylic acids is 4. The normalized spacial score (nSPS) is 25.6. The molecule has 1 aromatic carbocycles. The van der Waals surface area contributed by atoms with Gasteiger partial charge in [0.25, 0.3) is 11.8 Å². The van der Waals surface area contributed by atoms with Gasteiger partial charge in [-0.2, -0.15) is 0 Å². The van der Waals surface area contributed by atoms with Crippen LogP contribution in [0.4, 0.5) is 10.1 Å². The van der Waals surface area contributed by atoms with Gasteiger partial charge in [0, 0.05) is 32.6 Å². The molecule has 210 valence electrons. The lowest BCUT2D eigenvalue weighted by molar-refractivity contribution is -0.136. The Labute approximate surface area is 229 Å². The first kappa shape index (κ1) is 25.2. The van der Waals surface area contributed by atoms with Crippen LogP contribution in [-0.4, -0.2) is 85.9 Å². The number of piperidine rings is 1. The van der Waals surface area contributed by atoms with Crippen LogP contribution in [0.2, 0.25) is 0 Å². The van der Waals surface area contributed by atoms with E-state index in [1.165, 1.54) is 12.5 Å². The van der Waals surface area contributed by atoms with E-state index in [1.54, 1.807) is 0 Å². The second-order valence-corrected chi connectivity index (χ2v) is 11.7. The van der Waals surface area contributed by atoms with E-state index in [2.05, 4.69) is 32.7 Å². The summed E-state index contributed by atoms with van der Waals surface area (Å²) >= 11 is 0. The van der Waals surface area contributed by atoms with Crippen LogP contribution < -0.4 is 10.2 Å². The maximum Gasteiger partial charge on any atom is 0.262 e. The number of rotatable bonds is 6. The molecule has 2 atom stereocenters. The molecular formula is C27H31FN8O4. The third-order valence-electron chi connectivity index (χ3n) is 9.52. The number of amides is 4. The van der Waals surface area contributed by atoms with Gasteiger partial charge < -0.3 is 4.90 Å². The van der Waals surface area contributed by atoms with E-state index in [9.17, 15) is 19.2 Å². The van der Waals surface area contributed by atoms with Crippen LogP contribution in [0.3, 0.4) is 0 Å². The molecule has 3 aliphatic heterocycles. The number of aromatic nitrogens is 4. The lowest BCUT2D eigenvalue weighted by Gasteiger charge is -2.51. The molecule has 2 aliphatic carbocycles. The van der Waals surface area contributed by atoms with Crippen molar-refractivity contribution in [2.24, 2.45) is 5.92 Å². The zero-order chi connectivity index (χ0) is 27.8. The van der Waals surface area contributed by atoms with E-state index in [4.69, 9.17) is 0 Å². The van der Waals surface area contributed by atoms with E-state index in [0.717, 1.165) is 42.5 Å². The maximum atomic E-state index is 15.4. The fourth-order valence-electron chi connectivity index (χ4n) is 6.78. The fourth-order valence-corrected chi connectivity index (χ4v) is 6.78. The Morgan fingerprint density at radius 1 is 0.950 bits per heavy atom. The highest BCUT2D eigenvalue weighted by Crippen LogP contribution is 2.48. The Kier molecular flexibility index (Phi) is 5.77. The van der Waals surface area contributed by atoms with Gasteiger partial charge >= 0.3 is 0 Å². The Morgan fingerprint density at radius 3 is 2.27 bits per heavy atom. The van der Waals surface area contributed by atoms with Crippen molar-refractivity contribution in [1.82, 2.24) is 35.3 Å². The van der Waals surface area contributed by atoms with Crippen molar-refractivity contribution in [3.05, 3.63) is 34.9 Å². The van der Waals surface area contributed by atoms with Crippen LogP contribution in [0.25, 0.3) is 0 Å². The van der Waals surface area contributed by atoms with Crippen LogP contribution in [0.15, 0.2) is 12.1 Å². The van der Waals surface area contributed by atoms with Crippen LogP contribution in [0.1, 0.15) is 84.5 Å². The Bertz CT molecular complexity index is 1430. The number of halogens is 1. The Balaban J connectivity index is 1.12. The molecule has 4 fully saturated rings. The Hall–Kier alpha value is -3.74. The molecule has 40 heavy (non-hydrogen) atoms. The van der Waals surface area contributed by atoms with Crippen molar-refractivity contribution in [3.8, 4) is 0 Å². The summed E-state index contributed by atoms with van der Waals surface area (Å²) in [7, 11) is 0. The van der Waals surface area contributed by atoms with Crippen molar-refractivity contribution in [1.29, 1.82) is 0 Å². The minimum atomic E-state index is -1.09. The largest absolute Gasteiger partial charge is 0.367 e. The molecule has 2 aromatic rings. The minimum absolute atomic E-state index is 0.0283. The molecular weight excluding hydrogens is 519 g/mol. The number of tetrazole rings is 1. The highest BCUT2D eigenvalue weighted by Gasteiger charge is 2.50. The molecule has 2 unspecified atom stereocenters. The summed E-state index contributed by atoms with van der Waals surface area (Å²) in [6.07, 6.45) is 5.69. The van der Waals surface area contributed by atoms with Crippen molar-refractivity contribution in [3.63, 3.8) is 0 Å². The summed E-state index contributed by atoms with van der Waals surface area (Å²) in [5.41, 5.74) is -0.0362. The van der Waals surface area contributed by atoms with Gasteiger partial charge in [0.2, 0.25) is 11.8 Å². The van der Waals surface area contributed by atoms with Crippen molar-refractivity contribution in [2.75, 3.05) is 31.1 Å². The van der Waals surface area contributed by atoms with E-state index in [-0.39, 0.29) is 35.2 Å². The molecule has 5 aliphatic rings.